The third-order valence-electron chi connectivity index (χ3n) is 2.92. The van der Waals surface area contributed by atoms with Gasteiger partial charge in [-0.1, -0.05) is 5.16 Å². The first-order valence-corrected chi connectivity index (χ1v) is 6.07. The highest BCUT2D eigenvalue weighted by atomic mass is 16.5. The Labute approximate surface area is 114 Å². The second-order valence-corrected chi connectivity index (χ2v) is 4.43. The van der Waals surface area contributed by atoms with Crippen LogP contribution >= 0.6 is 0 Å². The van der Waals surface area contributed by atoms with E-state index in [0.29, 0.717) is 23.0 Å². The van der Waals surface area contributed by atoms with Crippen molar-refractivity contribution < 1.29 is 9.32 Å². The first kappa shape index (κ1) is 12.2. The molecule has 7 nitrogen and oxygen atoms in total. The van der Waals surface area contributed by atoms with E-state index < -0.39 is 0 Å². The summed E-state index contributed by atoms with van der Waals surface area (Å²) in [6, 6.07) is 5.36. The van der Waals surface area contributed by atoms with Gasteiger partial charge in [0.25, 0.3) is 5.91 Å². The summed E-state index contributed by atoms with van der Waals surface area (Å²) in [7, 11) is 0. The zero-order valence-electron chi connectivity index (χ0n) is 10.8. The average molecular weight is 271 g/mol. The number of anilines is 1. The van der Waals surface area contributed by atoms with Crippen LogP contribution in [0, 0.1) is 6.92 Å². The van der Waals surface area contributed by atoms with E-state index in [1.807, 2.05) is 6.07 Å². The number of fused-ring (bicyclic) bond motifs is 1. The van der Waals surface area contributed by atoms with Gasteiger partial charge in [0, 0.05) is 22.8 Å². The van der Waals surface area contributed by atoms with Crippen LogP contribution < -0.4 is 11.1 Å². The fourth-order valence-electron chi connectivity index (χ4n) is 1.99. The number of nitrogen functional groups attached to an aromatic ring is 1. The fraction of sp³-hybridized carbons (Fsp3) is 0.154. The monoisotopic (exact) mass is 271 g/mol. The Morgan fingerprint density at radius 2 is 2.35 bits per heavy atom. The van der Waals surface area contributed by atoms with Crippen LogP contribution in [0.25, 0.3) is 10.9 Å². The SMILES string of the molecule is Cc1noc(CNC(=O)c2c[nH]c3cc(N)ccc23)n1. The van der Waals surface area contributed by atoms with Crippen molar-refractivity contribution in [3.63, 3.8) is 0 Å². The average Bonchev–Trinajstić information content (AvgIpc) is 3.01. The highest BCUT2D eigenvalue weighted by molar-refractivity contribution is 6.07. The molecule has 0 unspecified atom stereocenters. The van der Waals surface area contributed by atoms with Gasteiger partial charge < -0.3 is 20.6 Å². The molecular formula is C13H13N5O2. The highest BCUT2D eigenvalue weighted by Gasteiger charge is 2.13. The van der Waals surface area contributed by atoms with E-state index in [-0.39, 0.29) is 12.5 Å². The van der Waals surface area contributed by atoms with Gasteiger partial charge in [-0.15, -0.1) is 0 Å². The summed E-state index contributed by atoms with van der Waals surface area (Å²) in [5.74, 6) is 0.702. The summed E-state index contributed by atoms with van der Waals surface area (Å²) >= 11 is 0. The zero-order chi connectivity index (χ0) is 14.1. The van der Waals surface area contributed by atoms with Crippen LogP contribution in [-0.4, -0.2) is 21.0 Å². The number of aryl methyl sites for hydroxylation is 1. The van der Waals surface area contributed by atoms with E-state index in [9.17, 15) is 4.79 Å². The van der Waals surface area contributed by atoms with Gasteiger partial charge in [0.1, 0.15) is 0 Å². The molecule has 0 atom stereocenters. The molecule has 3 aromatic rings. The van der Waals surface area contributed by atoms with Crippen LogP contribution in [0.2, 0.25) is 0 Å². The number of benzene rings is 1. The number of hydrogen-bond acceptors (Lipinski definition) is 5. The van der Waals surface area contributed by atoms with E-state index in [1.165, 1.54) is 0 Å². The summed E-state index contributed by atoms with van der Waals surface area (Å²) < 4.78 is 4.94. The molecule has 0 saturated carbocycles. The zero-order valence-corrected chi connectivity index (χ0v) is 10.8. The number of rotatable bonds is 3. The predicted octanol–water partition coefficient (Wildman–Crippen LogP) is 1.37. The summed E-state index contributed by atoms with van der Waals surface area (Å²) in [5, 5.41) is 7.21. The van der Waals surface area contributed by atoms with Gasteiger partial charge in [0.05, 0.1) is 12.1 Å². The Morgan fingerprint density at radius 3 is 3.10 bits per heavy atom. The summed E-state index contributed by atoms with van der Waals surface area (Å²) in [6.07, 6.45) is 1.65. The van der Waals surface area contributed by atoms with E-state index in [0.717, 1.165) is 10.9 Å². The number of amides is 1. The van der Waals surface area contributed by atoms with Crippen molar-refractivity contribution in [2.75, 3.05) is 5.73 Å². The van der Waals surface area contributed by atoms with Crippen molar-refractivity contribution in [1.82, 2.24) is 20.4 Å². The summed E-state index contributed by atoms with van der Waals surface area (Å²) in [5.41, 5.74) is 7.72. The Balaban J connectivity index is 1.78. The number of aromatic nitrogens is 3. The van der Waals surface area contributed by atoms with Crippen molar-refractivity contribution in [2.45, 2.75) is 13.5 Å². The fourth-order valence-corrected chi connectivity index (χ4v) is 1.99. The third kappa shape index (κ3) is 2.20. The molecule has 4 N–H and O–H groups in total. The van der Waals surface area contributed by atoms with E-state index in [4.69, 9.17) is 10.3 Å². The molecule has 0 bridgehead atoms. The number of nitrogens with two attached hydrogens (primary N) is 1. The number of hydrogen-bond donors (Lipinski definition) is 3. The minimum Gasteiger partial charge on any atom is -0.399 e. The Bertz CT molecular complexity index is 774. The molecule has 7 heteroatoms. The lowest BCUT2D eigenvalue weighted by atomic mass is 10.1. The van der Waals surface area contributed by atoms with E-state index in [1.54, 1.807) is 25.3 Å². The molecule has 2 heterocycles. The lowest BCUT2D eigenvalue weighted by molar-refractivity contribution is 0.0948. The lowest BCUT2D eigenvalue weighted by Crippen LogP contribution is -2.22. The molecule has 20 heavy (non-hydrogen) atoms. The smallest absolute Gasteiger partial charge is 0.253 e. The molecule has 0 fully saturated rings. The number of aromatic amines is 1. The lowest BCUT2D eigenvalue weighted by Gasteiger charge is -2.01. The quantitative estimate of drug-likeness (QED) is 0.623. The minimum atomic E-state index is -0.211. The molecule has 0 aliphatic carbocycles. The normalized spacial score (nSPS) is 10.8. The van der Waals surface area contributed by atoms with Gasteiger partial charge in [-0.25, -0.2) is 0 Å². The molecule has 0 aliphatic rings. The van der Waals surface area contributed by atoms with Gasteiger partial charge in [-0.05, 0) is 25.1 Å². The molecule has 102 valence electrons. The number of carbonyl (C=O) groups is 1. The minimum absolute atomic E-state index is 0.196. The predicted molar refractivity (Wildman–Crippen MR) is 72.9 cm³/mol. The first-order valence-electron chi connectivity index (χ1n) is 6.07. The standard InChI is InChI=1S/C13H13N5O2/c1-7-17-12(20-18-7)6-16-13(19)10-5-15-11-4-8(14)2-3-9(10)11/h2-5,15H,6,14H2,1H3,(H,16,19). The Kier molecular flexibility index (Phi) is 2.86. The van der Waals surface area contributed by atoms with Crippen LogP contribution in [0.4, 0.5) is 5.69 Å². The van der Waals surface area contributed by atoms with Crippen LogP contribution in [0.5, 0.6) is 0 Å². The molecule has 0 aliphatic heterocycles. The van der Waals surface area contributed by atoms with Gasteiger partial charge in [0.15, 0.2) is 5.82 Å². The molecular weight excluding hydrogens is 258 g/mol. The van der Waals surface area contributed by atoms with Crippen LogP contribution in [0.1, 0.15) is 22.1 Å². The second kappa shape index (κ2) is 4.69. The maximum atomic E-state index is 12.1. The second-order valence-electron chi connectivity index (χ2n) is 4.43. The summed E-state index contributed by atoms with van der Waals surface area (Å²) in [6.45, 7) is 1.92. The third-order valence-corrected chi connectivity index (χ3v) is 2.92. The van der Waals surface area contributed by atoms with Crippen LogP contribution in [-0.2, 0) is 6.54 Å². The summed E-state index contributed by atoms with van der Waals surface area (Å²) in [4.78, 5) is 19.2. The molecule has 2 aromatic heterocycles. The van der Waals surface area contributed by atoms with Crippen molar-refractivity contribution in [3.8, 4) is 0 Å². The molecule has 0 spiro atoms. The Hall–Kier alpha value is -2.83. The van der Waals surface area contributed by atoms with E-state index >= 15 is 0 Å². The maximum Gasteiger partial charge on any atom is 0.253 e. The van der Waals surface area contributed by atoms with Crippen molar-refractivity contribution in [3.05, 3.63) is 41.7 Å². The molecule has 1 aromatic carbocycles. The van der Waals surface area contributed by atoms with Crippen molar-refractivity contribution in [2.24, 2.45) is 0 Å². The number of nitrogens with zero attached hydrogens (tertiary/aromatic N) is 2. The highest BCUT2D eigenvalue weighted by Crippen LogP contribution is 2.20. The topological polar surface area (TPSA) is 110 Å². The molecule has 3 rings (SSSR count). The number of nitrogens with one attached hydrogen (secondary N) is 2. The molecule has 0 radical (unpaired) electrons. The Morgan fingerprint density at radius 1 is 1.50 bits per heavy atom. The first-order chi connectivity index (χ1) is 9.63. The van der Waals surface area contributed by atoms with Gasteiger partial charge in [-0.2, -0.15) is 4.98 Å². The number of carbonyl (C=O) groups excluding carboxylic acids is 1. The largest absolute Gasteiger partial charge is 0.399 e. The molecule has 1 amide bonds. The number of H-pyrrole nitrogens is 1. The van der Waals surface area contributed by atoms with Crippen LogP contribution in [0.3, 0.4) is 0 Å². The van der Waals surface area contributed by atoms with Gasteiger partial charge in [-0.3, -0.25) is 4.79 Å². The van der Waals surface area contributed by atoms with Gasteiger partial charge >= 0.3 is 0 Å². The maximum absolute atomic E-state index is 12.1. The van der Waals surface area contributed by atoms with E-state index in [2.05, 4.69) is 20.4 Å². The van der Waals surface area contributed by atoms with Crippen molar-refractivity contribution in [1.29, 1.82) is 0 Å². The van der Waals surface area contributed by atoms with Crippen molar-refractivity contribution >= 4 is 22.5 Å². The van der Waals surface area contributed by atoms with Gasteiger partial charge in [0.2, 0.25) is 5.89 Å². The molecule has 0 saturated heterocycles. The van der Waals surface area contributed by atoms with Crippen LogP contribution in [0.15, 0.2) is 28.9 Å².